The minimum absolute atomic E-state index is 0.0822. The van der Waals surface area contributed by atoms with Gasteiger partial charge >= 0.3 is 0 Å². The van der Waals surface area contributed by atoms with Crippen molar-refractivity contribution in [3.05, 3.63) is 0 Å². The summed E-state index contributed by atoms with van der Waals surface area (Å²) in [6.45, 7) is 6.50. The van der Waals surface area contributed by atoms with Crippen molar-refractivity contribution < 1.29 is 28.5 Å². The maximum atomic E-state index is 10.9. The van der Waals surface area contributed by atoms with Gasteiger partial charge in [-0.15, -0.1) is 0 Å². The molecule has 1 fully saturated rings. The Morgan fingerprint density at radius 2 is 1.40 bits per heavy atom. The standard InChI is InChI=1S/C13H25NO6/c1-12(15)14-10-13-11-19-7-6-17-3-2-16-4-5-18-8-9-20-13/h13H,2-11H2,1H3,(H,14,15). The minimum Gasteiger partial charge on any atom is -0.377 e. The van der Waals surface area contributed by atoms with Crippen LogP contribution in [0.4, 0.5) is 0 Å². The van der Waals surface area contributed by atoms with E-state index < -0.39 is 0 Å². The Bertz CT molecular complexity index is 235. The van der Waals surface area contributed by atoms with Crippen LogP contribution in [0.15, 0.2) is 0 Å². The van der Waals surface area contributed by atoms with Crippen molar-refractivity contribution in [2.24, 2.45) is 0 Å². The quantitative estimate of drug-likeness (QED) is 0.745. The zero-order chi connectivity index (χ0) is 14.5. The van der Waals surface area contributed by atoms with E-state index in [4.69, 9.17) is 23.7 Å². The Hall–Kier alpha value is -0.730. The lowest BCUT2D eigenvalue weighted by Crippen LogP contribution is -2.36. The summed E-state index contributed by atoms with van der Waals surface area (Å²) in [5, 5.41) is 2.72. The fraction of sp³-hybridized carbons (Fsp3) is 0.923. The summed E-state index contributed by atoms with van der Waals surface area (Å²) in [4.78, 5) is 10.9. The number of nitrogens with one attached hydrogen (secondary N) is 1. The highest BCUT2D eigenvalue weighted by atomic mass is 16.6. The molecule has 7 heteroatoms. The topological polar surface area (TPSA) is 75.3 Å². The summed E-state index contributed by atoms with van der Waals surface area (Å²) in [6.07, 6.45) is -0.177. The second-order valence-corrected chi connectivity index (χ2v) is 4.34. The van der Waals surface area contributed by atoms with Crippen molar-refractivity contribution in [3.63, 3.8) is 0 Å². The zero-order valence-electron chi connectivity index (χ0n) is 12.1. The molecule has 118 valence electrons. The number of amides is 1. The van der Waals surface area contributed by atoms with E-state index in [1.54, 1.807) is 0 Å². The third-order valence-corrected chi connectivity index (χ3v) is 2.58. The Morgan fingerprint density at radius 1 is 0.900 bits per heavy atom. The number of hydrogen-bond donors (Lipinski definition) is 1. The summed E-state index contributed by atoms with van der Waals surface area (Å²) in [5.41, 5.74) is 0. The lowest BCUT2D eigenvalue weighted by atomic mass is 10.3. The molecule has 7 nitrogen and oxygen atoms in total. The molecule has 0 saturated carbocycles. The van der Waals surface area contributed by atoms with E-state index in [1.165, 1.54) is 6.92 Å². The molecule has 1 aliphatic rings. The summed E-state index contributed by atoms with van der Waals surface area (Å²) >= 11 is 0. The zero-order valence-corrected chi connectivity index (χ0v) is 12.1. The molecule has 0 aliphatic carbocycles. The maximum Gasteiger partial charge on any atom is 0.216 e. The molecule has 1 unspecified atom stereocenters. The average molecular weight is 291 g/mol. The smallest absolute Gasteiger partial charge is 0.216 e. The van der Waals surface area contributed by atoms with Gasteiger partial charge in [0.05, 0.1) is 65.6 Å². The van der Waals surface area contributed by atoms with Gasteiger partial charge in [0.1, 0.15) is 0 Å². The van der Waals surface area contributed by atoms with E-state index in [-0.39, 0.29) is 12.0 Å². The van der Waals surface area contributed by atoms with Gasteiger partial charge in [-0.25, -0.2) is 0 Å². The van der Waals surface area contributed by atoms with E-state index in [1.807, 2.05) is 0 Å². The Kier molecular flexibility index (Phi) is 10.4. The molecule has 1 N–H and O–H groups in total. The first-order valence-electron chi connectivity index (χ1n) is 6.96. The summed E-state index contributed by atoms with van der Waals surface area (Å²) in [7, 11) is 0. The fourth-order valence-electron chi connectivity index (χ4n) is 1.57. The highest BCUT2D eigenvalue weighted by Crippen LogP contribution is 1.95. The Balaban J connectivity index is 2.26. The first-order valence-corrected chi connectivity index (χ1v) is 6.96. The van der Waals surface area contributed by atoms with Gasteiger partial charge in [0.15, 0.2) is 0 Å². The Morgan fingerprint density at radius 3 is 1.95 bits per heavy atom. The first kappa shape index (κ1) is 17.3. The molecule has 1 saturated heterocycles. The van der Waals surface area contributed by atoms with Gasteiger partial charge in [-0.05, 0) is 0 Å². The van der Waals surface area contributed by atoms with Crippen molar-refractivity contribution in [1.29, 1.82) is 0 Å². The summed E-state index contributed by atoms with van der Waals surface area (Å²) in [5.74, 6) is -0.0822. The predicted octanol–water partition coefficient (Wildman–Crippen LogP) is -0.412. The summed E-state index contributed by atoms with van der Waals surface area (Å²) < 4.78 is 27.1. The second kappa shape index (κ2) is 12.0. The number of ether oxygens (including phenoxy) is 5. The van der Waals surface area contributed by atoms with Crippen molar-refractivity contribution in [3.8, 4) is 0 Å². The molecule has 0 bridgehead atoms. The van der Waals surface area contributed by atoms with Crippen LogP contribution < -0.4 is 5.32 Å². The predicted molar refractivity (Wildman–Crippen MR) is 71.7 cm³/mol. The van der Waals surface area contributed by atoms with Gasteiger partial charge in [0.25, 0.3) is 0 Å². The number of carbonyl (C=O) groups is 1. The molecule has 1 rings (SSSR count). The van der Waals surface area contributed by atoms with Crippen molar-refractivity contribution in [2.45, 2.75) is 13.0 Å². The van der Waals surface area contributed by atoms with Gasteiger partial charge < -0.3 is 29.0 Å². The molecule has 1 amide bonds. The van der Waals surface area contributed by atoms with Gasteiger partial charge in [-0.2, -0.15) is 0 Å². The molecule has 20 heavy (non-hydrogen) atoms. The van der Waals surface area contributed by atoms with Crippen LogP contribution in [0.1, 0.15) is 6.92 Å². The van der Waals surface area contributed by atoms with Gasteiger partial charge in [-0.1, -0.05) is 0 Å². The van der Waals surface area contributed by atoms with Crippen LogP contribution in [0.3, 0.4) is 0 Å². The third kappa shape index (κ3) is 10.1. The number of carbonyl (C=O) groups excluding carboxylic acids is 1. The number of hydrogen-bond acceptors (Lipinski definition) is 6. The van der Waals surface area contributed by atoms with Crippen molar-refractivity contribution in [1.82, 2.24) is 5.32 Å². The molecular weight excluding hydrogens is 266 g/mol. The van der Waals surface area contributed by atoms with Crippen LogP contribution in [0.2, 0.25) is 0 Å². The summed E-state index contributed by atoms with van der Waals surface area (Å²) in [6, 6.07) is 0. The lowest BCUT2D eigenvalue weighted by molar-refractivity contribution is -0.120. The fourth-order valence-corrected chi connectivity index (χ4v) is 1.57. The molecule has 1 aliphatic heterocycles. The van der Waals surface area contributed by atoms with Gasteiger partial charge in [0, 0.05) is 13.5 Å². The van der Waals surface area contributed by atoms with Crippen LogP contribution in [0.25, 0.3) is 0 Å². The van der Waals surface area contributed by atoms with Crippen LogP contribution in [-0.2, 0) is 28.5 Å². The van der Waals surface area contributed by atoms with Crippen molar-refractivity contribution in [2.75, 3.05) is 66.0 Å². The van der Waals surface area contributed by atoms with Crippen LogP contribution >= 0.6 is 0 Å². The molecule has 0 aromatic carbocycles. The molecule has 1 atom stereocenters. The number of rotatable bonds is 2. The van der Waals surface area contributed by atoms with E-state index in [0.29, 0.717) is 66.0 Å². The monoisotopic (exact) mass is 291 g/mol. The van der Waals surface area contributed by atoms with Crippen LogP contribution in [0, 0.1) is 0 Å². The Labute approximate surface area is 119 Å². The lowest BCUT2D eigenvalue weighted by Gasteiger charge is -2.18. The third-order valence-electron chi connectivity index (χ3n) is 2.58. The molecule has 1 heterocycles. The van der Waals surface area contributed by atoms with E-state index >= 15 is 0 Å². The minimum atomic E-state index is -0.177. The SMILES string of the molecule is CC(=O)NCC1COCCOCCOCCOCCO1. The highest BCUT2D eigenvalue weighted by Gasteiger charge is 2.10. The van der Waals surface area contributed by atoms with Gasteiger partial charge in [0.2, 0.25) is 5.91 Å². The first-order chi connectivity index (χ1) is 9.79. The molecule has 0 aromatic rings. The van der Waals surface area contributed by atoms with E-state index in [0.717, 1.165) is 0 Å². The largest absolute Gasteiger partial charge is 0.377 e. The van der Waals surface area contributed by atoms with E-state index in [2.05, 4.69) is 5.32 Å². The molecule has 0 radical (unpaired) electrons. The molecule has 0 aromatic heterocycles. The van der Waals surface area contributed by atoms with Gasteiger partial charge in [-0.3, -0.25) is 4.79 Å². The molecule has 0 spiro atoms. The second-order valence-electron chi connectivity index (χ2n) is 4.34. The van der Waals surface area contributed by atoms with Crippen LogP contribution in [-0.4, -0.2) is 78.0 Å². The average Bonchev–Trinajstić information content (AvgIpc) is 2.44. The van der Waals surface area contributed by atoms with Crippen LogP contribution in [0.5, 0.6) is 0 Å². The normalized spacial score (nSPS) is 24.4. The molecular formula is C13H25NO6. The maximum absolute atomic E-state index is 10.9. The van der Waals surface area contributed by atoms with Crippen molar-refractivity contribution >= 4 is 5.91 Å². The highest BCUT2D eigenvalue weighted by molar-refractivity contribution is 5.72. The van der Waals surface area contributed by atoms with E-state index in [9.17, 15) is 4.79 Å².